The minimum Gasteiger partial charge on any atom is -0.263 e. The summed E-state index contributed by atoms with van der Waals surface area (Å²) in [6.07, 6.45) is 0.864. The van der Waals surface area contributed by atoms with Gasteiger partial charge in [-0.05, 0) is 6.42 Å². The number of unbranched alkanes of at least 4 members (excludes halogenated alkanes) is 1. The number of rotatable bonds is 4. The molecule has 0 atom stereocenters. The van der Waals surface area contributed by atoms with Crippen LogP contribution in [0.15, 0.2) is 0 Å². The molecule has 0 aromatic carbocycles. The third-order valence-electron chi connectivity index (χ3n) is 1.02. The van der Waals surface area contributed by atoms with E-state index in [4.69, 9.17) is 0 Å². The highest BCUT2D eigenvalue weighted by Crippen LogP contribution is 2.24. The van der Waals surface area contributed by atoms with Crippen LogP contribution < -0.4 is 0 Å². The highest BCUT2D eigenvalue weighted by Gasteiger charge is 2.47. The van der Waals surface area contributed by atoms with Gasteiger partial charge in [0.15, 0.2) is 17.4 Å². The van der Waals surface area contributed by atoms with Gasteiger partial charge in [0, 0.05) is 0 Å². The summed E-state index contributed by atoms with van der Waals surface area (Å²) in [6, 6.07) is 0. The Morgan fingerprint density at radius 2 is 1.77 bits per heavy atom. The van der Waals surface area contributed by atoms with Crippen molar-refractivity contribution < 1.29 is 25.8 Å². The van der Waals surface area contributed by atoms with Crippen molar-refractivity contribution in [2.24, 2.45) is 0 Å². The Morgan fingerprint density at radius 1 is 1.31 bits per heavy atom. The van der Waals surface area contributed by atoms with Crippen molar-refractivity contribution in [1.29, 1.82) is 0 Å². The molecule has 3 nitrogen and oxygen atoms in total. The molecule has 0 saturated heterocycles. The normalized spacial score (nSPS) is 12.3. The van der Waals surface area contributed by atoms with Crippen molar-refractivity contribution in [1.82, 2.24) is 0 Å². The maximum Gasteiger partial charge on any atom is 0.523 e. The van der Waals surface area contributed by atoms with Crippen LogP contribution in [-0.2, 0) is 14.3 Å². The van der Waals surface area contributed by atoms with Gasteiger partial charge in [0.1, 0.15) is 0 Å². The van der Waals surface area contributed by atoms with Gasteiger partial charge >= 0.3 is 15.6 Å². The van der Waals surface area contributed by atoms with Crippen molar-refractivity contribution in [2.45, 2.75) is 25.3 Å². The smallest absolute Gasteiger partial charge is 0.263 e. The Kier molecular flexibility index (Phi) is 7.07. The van der Waals surface area contributed by atoms with Crippen LogP contribution in [0.5, 0.6) is 0 Å². The van der Waals surface area contributed by atoms with Crippen LogP contribution >= 0.6 is 0 Å². The van der Waals surface area contributed by atoms with Crippen molar-refractivity contribution in [3.63, 3.8) is 0 Å². The molecule has 0 rings (SSSR count). The van der Waals surface area contributed by atoms with E-state index in [0.29, 0.717) is 6.42 Å². The van der Waals surface area contributed by atoms with E-state index in [1.54, 1.807) is 6.92 Å². The van der Waals surface area contributed by atoms with Crippen LogP contribution in [0.25, 0.3) is 0 Å². The zero-order chi connectivity index (χ0) is 9.83. The second-order valence-corrected chi connectivity index (χ2v) is 3.68. The summed E-state index contributed by atoms with van der Waals surface area (Å²) in [5, 5.41) is 0. The summed E-state index contributed by atoms with van der Waals surface area (Å²) in [7, 11) is -5.37. The van der Waals surface area contributed by atoms with E-state index in [1.807, 2.05) is 0 Å². The fourth-order valence-electron chi connectivity index (χ4n) is 0.380. The summed E-state index contributed by atoms with van der Waals surface area (Å²) in [6.45, 7) is 1.29. The molecule has 8 heteroatoms. The van der Waals surface area contributed by atoms with Gasteiger partial charge in [-0.25, -0.2) is 0 Å². The van der Waals surface area contributed by atoms with Crippen LogP contribution in [0.1, 0.15) is 19.8 Å². The van der Waals surface area contributed by atoms with Crippen molar-refractivity contribution in [3.8, 4) is 0 Å². The number of hydrogen-bond acceptors (Lipinski definition) is 3. The Bertz CT molecular complexity index is 224. The molecule has 0 heterocycles. The molecule has 0 aromatic heterocycles. The zero-order valence-corrected chi connectivity index (χ0v) is 7.20. The highest BCUT2D eigenvalue weighted by atomic mass is 32.2. The van der Waals surface area contributed by atoms with Gasteiger partial charge in [-0.2, -0.15) is 21.6 Å². The lowest BCUT2D eigenvalue weighted by molar-refractivity contribution is -0.0542. The van der Waals surface area contributed by atoms with Gasteiger partial charge in [0.25, 0.3) is 0 Å². The standard InChI is InChI=1S/C5H9F3O3S.Al.3H/c1-2-3-4-11-12(9,10)5(6,7)8;;;;/h2-4H2,1H3;;;;. The molecule has 0 spiro atoms. The van der Waals surface area contributed by atoms with E-state index in [-0.39, 0.29) is 23.8 Å². The first-order chi connectivity index (χ1) is 5.31. The molecule has 13 heavy (non-hydrogen) atoms. The van der Waals surface area contributed by atoms with Crippen molar-refractivity contribution in [2.75, 3.05) is 6.61 Å². The Hall–Kier alpha value is 0.232. The lowest BCUT2D eigenvalue weighted by Gasteiger charge is -2.06. The minimum atomic E-state index is -5.37. The second kappa shape index (κ2) is 5.86. The first-order valence-corrected chi connectivity index (χ1v) is 4.68. The average molecular weight is 236 g/mol. The fourth-order valence-corrected chi connectivity index (χ4v) is 0.851. The van der Waals surface area contributed by atoms with Crippen molar-refractivity contribution in [3.05, 3.63) is 0 Å². The quantitative estimate of drug-likeness (QED) is 0.308. The number of halogens is 3. The van der Waals surface area contributed by atoms with Crippen LogP contribution in [0.2, 0.25) is 0 Å². The number of hydrogen-bond donors (Lipinski definition) is 0. The number of alkyl halides is 3. The average Bonchev–Trinajstić information content (AvgIpc) is 1.85. The van der Waals surface area contributed by atoms with Gasteiger partial charge in [-0.15, -0.1) is 0 Å². The molecule has 0 fully saturated rings. The third-order valence-corrected chi connectivity index (χ3v) is 2.06. The Morgan fingerprint density at radius 3 is 2.08 bits per heavy atom. The van der Waals surface area contributed by atoms with Crippen molar-refractivity contribution >= 4 is 27.5 Å². The molecular weight excluding hydrogens is 224 g/mol. The third kappa shape index (κ3) is 5.52. The SMILES string of the molecule is CCCCOS(=O)(=O)C(F)(F)F.[AlH3]. The maximum atomic E-state index is 11.5. The second-order valence-electron chi connectivity index (χ2n) is 2.08. The Balaban J connectivity index is 0. The summed E-state index contributed by atoms with van der Waals surface area (Å²) in [4.78, 5) is 0. The predicted molar refractivity (Wildman–Crippen MR) is 45.8 cm³/mol. The molecule has 0 aromatic rings. The van der Waals surface area contributed by atoms with E-state index in [0.717, 1.165) is 0 Å². The van der Waals surface area contributed by atoms with Crippen LogP contribution in [0, 0.1) is 0 Å². The molecule has 80 valence electrons. The molecule has 0 bridgehead atoms. The predicted octanol–water partition coefficient (Wildman–Crippen LogP) is 0.469. The van der Waals surface area contributed by atoms with Gasteiger partial charge in [0.05, 0.1) is 6.61 Å². The highest BCUT2D eigenvalue weighted by molar-refractivity contribution is 7.87. The van der Waals surface area contributed by atoms with E-state index in [9.17, 15) is 21.6 Å². The first-order valence-electron chi connectivity index (χ1n) is 3.27. The van der Waals surface area contributed by atoms with E-state index >= 15 is 0 Å². The molecule has 0 amide bonds. The van der Waals surface area contributed by atoms with E-state index < -0.39 is 22.2 Å². The molecule has 0 N–H and O–H groups in total. The summed E-state index contributed by atoms with van der Waals surface area (Å²) < 4.78 is 58.7. The van der Waals surface area contributed by atoms with Gasteiger partial charge in [-0.3, -0.25) is 4.18 Å². The molecule has 0 saturated carbocycles. The van der Waals surface area contributed by atoms with Gasteiger partial charge in [0.2, 0.25) is 0 Å². The van der Waals surface area contributed by atoms with Gasteiger partial charge < -0.3 is 0 Å². The summed E-state index contributed by atoms with van der Waals surface area (Å²) in [5.74, 6) is 0. The maximum absolute atomic E-state index is 11.5. The molecule has 0 aliphatic carbocycles. The molecule has 0 radical (unpaired) electrons. The van der Waals surface area contributed by atoms with Crippen LogP contribution in [0.4, 0.5) is 13.2 Å². The molecule has 0 unspecified atom stereocenters. The fraction of sp³-hybridized carbons (Fsp3) is 1.00. The summed E-state index contributed by atoms with van der Waals surface area (Å²) in [5.41, 5.74) is -5.30. The van der Waals surface area contributed by atoms with Crippen LogP contribution in [0.3, 0.4) is 0 Å². The first kappa shape index (κ1) is 15.7. The topological polar surface area (TPSA) is 43.4 Å². The van der Waals surface area contributed by atoms with E-state index in [2.05, 4.69) is 4.18 Å². The minimum absolute atomic E-state index is 0. The molecule has 0 aliphatic heterocycles. The monoisotopic (exact) mass is 236 g/mol. The largest absolute Gasteiger partial charge is 0.523 e. The molecular formula is C5H12AlF3O3S. The Labute approximate surface area is 85.5 Å². The summed E-state index contributed by atoms with van der Waals surface area (Å²) >= 11 is 0. The van der Waals surface area contributed by atoms with Gasteiger partial charge in [-0.1, -0.05) is 13.3 Å². The van der Waals surface area contributed by atoms with E-state index in [1.165, 1.54) is 0 Å². The lowest BCUT2D eigenvalue weighted by atomic mass is 10.4. The zero-order valence-electron chi connectivity index (χ0n) is 6.39. The molecule has 0 aliphatic rings. The lowest BCUT2D eigenvalue weighted by Crippen LogP contribution is -2.25. The van der Waals surface area contributed by atoms with Crippen LogP contribution in [-0.4, -0.2) is 37.9 Å².